The van der Waals surface area contributed by atoms with E-state index in [-0.39, 0.29) is 29.6 Å². The lowest BCUT2D eigenvalue weighted by atomic mass is 9.93. The van der Waals surface area contributed by atoms with Crippen LogP contribution in [0, 0.1) is 6.92 Å². The van der Waals surface area contributed by atoms with Gasteiger partial charge in [-0.2, -0.15) is 0 Å². The Hall–Kier alpha value is -2.49. The van der Waals surface area contributed by atoms with Gasteiger partial charge in [0.2, 0.25) is 0 Å². The Labute approximate surface area is 122 Å². The highest BCUT2D eigenvalue weighted by Crippen LogP contribution is 2.44. The van der Waals surface area contributed by atoms with E-state index in [1.807, 2.05) is 37.3 Å². The maximum Gasteiger partial charge on any atom is 0.174 e. The number of fused-ring (bicyclic) bond motifs is 1. The summed E-state index contributed by atoms with van der Waals surface area (Å²) in [4.78, 5) is 12.4. The molecular weight excluding hydrogens is 268 g/mol. The average molecular weight is 284 g/mol. The topological polar surface area (TPSA) is 55.8 Å². The molecule has 1 atom stereocenters. The van der Waals surface area contributed by atoms with Gasteiger partial charge in [0.25, 0.3) is 0 Å². The third kappa shape index (κ3) is 2.23. The second-order valence-corrected chi connectivity index (χ2v) is 5.07. The van der Waals surface area contributed by atoms with Crippen molar-refractivity contribution in [2.75, 3.05) is 7.11 Å². The summed E-state index contributed by atoms with van der Waals surface area (Å²) in [6.45, 7) is 1.82. The van der Waals surface area contributed by atoms with E-state index >= 15 is 0 Å². The summed E-state index contributed by atoms with van der Waals surface area (Å²) in [5.41, 5.74) is 1.91. The van der Waals surface area contributed by atoms with E-state index in [0.29, 0.717) is 11.5 Å². The summed E-state index contributed by atoms with van der Waals surface area (Å²) in [6, 6.07) is 11.1. The van der Waals surface area contributed by atoms with Crippen LogP contribution in [-0.4, -0.2) is 18.0 Å². The molecule has 0 aliphatic carbocycles. The summed E-state index contributed by atoms with van der Waals surface area (Å²) in [6.07, 6.45) is -0.118. The van der Waals surface area contributed by atoms with Crippen LogP contribution < -0.4 is 9.47 Å². The number of methoxy groups -OCH3 is 1. The van der Waals surface area contributed by atoms with Gasteiger partial charge in [-0.05, 0) is 12.5 Å². The van der Waals surface area contributed by atoms with Crippen molar-refractivity contribution in [1.82, 2.24) is 0 Å². The maximum atomic E-state index is 12.4. The number of rotatable bonds is 2. The van der Waals surface area contributed by atoms with Crippen LogP contribution in [-0.2, 0) is 0 Å². The summed E-state index contributed by atoms with van der Waals surface area (Å²) < 4.78 is 11.2. The van der Waals surface area contributed by atoms with Crippen LogP contribution in [0.25, 0.3) is 0 Å². The van der Waals surface area contributed by atoms with Crippen molar-refractivity contribution in [3.8, 4) is 17.2 Å². The van der Waals surface area contributed by atoms with Crippen LogP contribution in [0.1, 0.15) is 34.0 Å². The van der Waals surface area contributed by atoms with Crippen LogP contribution in [0.3, 0.4) is 0 Å². The zero-order chi connectivity index (χ0) is 15.0. The van der Waals surface area contributed by atoms with Gasteiger partial charge in [0.05, 0.1) is 13.5 Å². The first kappa shape index (κ1) is 13.5. The molecule has 0 unspecified atom stereocenters. The number of aromatic hydroxyl groups is 1. The third-order valence-electron chi connectivity index (χ3n) is 3.76. The Kier molecular flexibility index (Phi) is 3.29. The van der Waals surface area contributed by atoms with Gasteiger partial charge < -0.3 is 14.6 Å². The monoisotopic (exact) mass is 284 g/mol. The van der Waals surface area contributed by atoms with Gasteiger partial charge in [-0.3, -0.25) is 4.79 Å². The summed E-state index contributed by atoms with van der Waals surface area (Å²) in [5.74, 6) is 0.710. The van der Waals surface area contributed by atoms with E-state index in [0.717, 1.165) is 11.1 Å². The smallest absolute Gasteiger partial charge is 0.174 e. The third-order valence-corrected chi connectivity index (χ3v) is 3.76. The molecule has 3 rings (SSSR count). The van der Waals surface area contributed by atoms with Gasteiger partial charge in [-0.25, -0.2) is 0 Å². The molecular formula is C17H16O4. The molecule has 4 heteroatoms. The average Bonchev–Trinajstić information content (AvgIpc) is 2.51. The van der Waals surface area contributed by atoms with Crippen LogP contribution in [0.2, 0.25) is 0 Å². The number of phenolic OH excluding ortho intramolecular Hbond substituents is 1. The summed E-state index contributed by atoms with van der Waals surface area (Å²) in [5, 5.41) is 10.0. The van der Waals surface area contributed by atoms with Crippen LogP contribution in [0.5, 0.6) is 17.2 Å². The van der Waals surface area contributed by atoms with Crippen molar-refractivity contribution < 1.29 is 19.4 Å². The molecule has 1 heterocycles. The Morgan fingerprint density at radius 2 is 2.00 bits per heavy atom. The lowest BCUT2D eigenvalue weighted by Crippen LogP contribution is -2.21. The number of Topliss-reactive ketones (excluding diaryl/α,β-unsaturated/α-hetero) is 1. The highest BCUT2D eigenvalue weighted by Gasteiger charge is 2.32. The molecule has 0 fully saturated rings. The number of hydrogen-bond acceptors (Lipinski definition) is 4. The van der Waals surface area contributed by atoms with E-state index in [2.05, 4.69) is 0 Å². The second kappa shape index (κ2) is 5.13. The summed E-state index contributed by atoms with van der Waals surface area (Å²) in [7, 11) is 1.52. The molecule has 21 heavy (non-hydrogen) atoms. The van der Waals surface area contributed by atoms with E-state index in [9.17, 15) is 9.90 Å². The second-order valence-electron chi connectivity index (χ2n) is 5.07. The van der Waals surface area contributed by atoms with Gasteiger partial charge in [-0.15, -0.1) is 0 Å². The molecule has 2 aromatic carbocycles. The molecule has 0 radical (unpaired) electrons. The predicted molar refractivity (Wildman–Crippen MR) is 78.2 cm³/mol. The van der Waals surface area contributed by atoms with Gasteiger partial charge in [-0.1, -0.05) is 30.3 Å². The van der Waals surface area contributed by atoms with Crippen LogP contribution >= 0.6 is 0 Å². The first-order chi connectivity index (χ1) is 10.1. The quantitative estimate of drug-likeness (QED) is 0.918. The molecule has 0 saturated heterocycles. The highest BCUT2D eigenvalue weighted by molar-refractivity contribution is 6.03. The molecule has 0 saturated carbocycles. The first-order valence-electron chi connectivity index (χ1n) is 6.77. The van der Waals surface area contributed by atoms with E-state index in [1.165, 1.54) is 13.2 Å². The van der Waals surface area contributed by atoms with Crippen molar-refractivity contribution in [2.24, 2.45) is 0 Å². The molecule has 108 valence electrons. The maximum absolute atomic E-state index is 12.4. The van der Waals surface area contributed by atoms with Crippen molar-refractivity contribution in [1.29, 1.82) is 0 Å². The SMILES string of the molecule is COc1cc(O)c2c(c1C)O[C@@H](c1ccccc1)CC2=O. The molecule has 0 aromatic heterocycles. The number of carbonyl (C=O) groups excluding carboxylic acids is 1. The molecule has 0 spiro atoms. The molecule has 0 bridgehead atoms. The Balaban J connectivity index is 2.09. The normalized spacial score (nSPS) is 17.0. The minimum atomic E-state index is -0.337. The predicted octanol–water partition coefficient (Wildman–Crippen LogP) is 3.42. The Morgan fingerprint density at radius 3 is 2.67 bits per heavy atom. The number of hydrogen-bond donors (Lipinski definition) is 1. The standard InChI is InChI=1S/C17H16O4/c1-10-14(20-2)8-12(18)16-13(19)9-15(21-17(10)16)11-6-4-3-5-7-11/h3-8,15,18H,9H2,1-2H3/t15-/m1/s1. The minimum Gasteiger partial charge on any atom is -0.507 e. The van der Waals surface area contributed by atoms with Crippen molar-refractivity contribution in [3.05, 3.63) is 53.1 Å². The Bertz CT molecular complexity index is 692. The van der Waals surface area contributed by atoms with Crippen molar-refractivity contribution in [3.63, 3.8) is 0 Å². The minimum absolute atomic E-state index is 0.0936. The fraction of sp³-hybridized carbons (Fsp3) is 0.235. The molecule has 1 aliphatic heterocycles. The van der Waals surface area contributed by atoms with E-state index in [1.54, 1.807) is 0 Å². The number of ketones is 1. The number of ether oxygens (including phenoxy) is 2. The molecule has 1 N–H and O–H groups in total. The zero-order valence-electron chi connectivity index (χ0n) is 11.9. The largest absolute Gasteiger partial charge is 0.507 e. The highest BCUT2D eigenvalue weighted by atomic mass is 16.5. The van der Waals surface area contributed by atoms with Crippen LogP contribution in [0.4, 0.5) is 0 Å². The summed E-state index contributed by atoms with van der Waals surface area (Å²) >= 11 is 0. The number of phenols is 1. The zero-order valence-corrected chi connectivity index (χ0v) is 11.9. The van der Waals surface area contributed by atoms with E-state index in [4.69, 9.17) is 9.47 Å². The van der Waals surface area contributed by atoms with Crippen LogP contribution in [0.15, 0.2) is 36.4 Å². The van der Waals surface area contributed by atoms with E-state index < -0.39 is 0 Å². The first-order valence-corrected chi connectivity index (χ1v) is 6.77. The van der Waals surface area contributed by atoms with Gasteiger partial charge in [0, 0.05) is 11.6 Å². The lowest BCUT2D eigenvalue weighted by Gasteiger charge is -2.28. The fourth-order valence-electron chi connectivity index (χ4n) is 2.66. The lowest BCUT2D eigenvalue weighted by molar-refractivity contribution is 0.0843. The molecule has 1 aliphatic rings. The van der Waals surface area contributed by atoms with Gasteiger partial charge >= 0.3 is 0 Å². The number of carbonyl (C=O) groups is 1. The Morgan fingerprint density at radius 1 is 1.29 bits per heavy atom. The fourth-order valence-corrected chi connectivity index (χ4v) is 2.66. The van der Waals surface area contributed by atoms with Gasteiger partial charge in [0.1, 0.15) is 28.9 Å². The molecule has 2 aromatic rings. The van der Waals surface area contributed by atoms with Gasteiger partial charge in [0.15, 0.2) is 5.78 Å². The molecule has 4 nitrogen and oxygen atoms in total. The van der Waals surface area contributed by atoms with Crippen molar-refractivity contribution >= 4 is 5.78 Å². The number of benzene rings is 2. The molecule has 0 amide bonds. The van der Waals surface area contributed by atoms with Crippen molar-refractivity contribution in [2.45, 2.75) is 19.4 Å².